The van der Waals surface area contributed by atoms with Crippen molar-refractivity contribution in [3.05, 3.63) is 24.3 Å². The predicted molar refractivity (Wildman–Crippen MR) is 68.5 cm³/mol. The van der Waals surface area contributed by atoms with Gasteiger partial charge in [0.2, 0.25) is 0 Å². The number of carboxylic acids is 1. The van der Waals surface area contributed by atoms with Crippen molar-refractivity contribution >= 4 is 5.97 Å². The number of rotatable bonds is 10. The predicted octanol–water partition coefficient (Wildman–Crippen LogP) is 4.32. The van der Waals surface area contributed by atoms with Gasteiger partial charge >= 0.3 is 5.97 Å². The molecule has 0 aliphatic heterocycles. The average molecular weight is 224 g/mol. The first-order valence-corrected chi connectivity index (χ1v) is 6.29. The molecule has 2 heteroatoms. The molecule has 0 aromatic heterocycles. The molecule has 0 aliphatic rings. The van der Waals surface area contributed by atoms with E-state index in [1.165, 1.54) is 32.1 Å². The van der Waals surface area contributed by atoms with Gasteiger partial charge in [-0.3, -0.25) is 4.79 Å². The van der Waals surface area contributed by atoms with E-state index in [1.807, 2.05) is 6.08 Å². The summed E-state index contributed by atoms with van der Waals surface area (Å²) in [6, 6.07) is 0. The molecule has 0 bridgehead atoms. The molecule has 16 heavy (non-hydrogen) atoms. The van der Waals surface area contributed by atoms with Crippen molar-refractivity contribution in [2.24, 2.45) is 0 Å². The Balaban J connectivity index is 3.12. The molecule has 0 rings (SSSR count). The highest BCUT2D eigenvalue weighted by molar-refractivity contribution is 5.68. The third-order valence-electron chi connectivity index (χ3n) is 2.35. The summed E-state index contributed by atoms with van der Waals surface area (Å²) in [4.78, 5) is 10.2. The minimum Gasteiger partial charge on any atom is -0.481 e. The number of carbonyl (C=O) groups is 1. The maximum Gasteiger partial charge on any atom is 0.307 e. The summed E-state index contributed by atoms with van der Waals surface area (Å²) in [7, 11) is 0. The van der Waals surface area contributed by atoms with Crippen LogP contribution in [-0.4, -0.2) is 11.1 Å². The van der Waals surface area contributed by atoms with Crippen LogP contribution < -0.4 is 0 Å². The van der Waals surface area contributed by atoms with Gasteiger partial charge < -0.3 is 5.11 Å². The summed E-state index contributed by atoms with van der Waals surface area (Å²) >= 11 is 0. The second kappa shape index (κ2) is 12.0. The van der Waals surface area contributed by atoms with Crippen LogP contribution in [0.5, 0.6) is 0 Å². The highest BCUT2D eigenvalue weighted by atomic mass is 16.4. The van der Waals surface area contributed by atoms with Crippen molar-refractivity contribution in [2.75, 3.05) is 0 Å². The van der Waals surface area contributed by atoms with Gasteiger partial charge in [-0.15, -0.1) is 0 Å². The van der Waals surface area contributed by atoms with E-state index in [9.17, 15) is 4.79 Å². The van der Waals surface area contributed by atoms with E-state index in [4.69, 9.17) is 5.11 Å². The van der Waals surface area contributed by atoms with E-state index in [0.29, 0.717) is 0 Å². The lowest BCUT2D eigenvalue weighted by molar-refractivity contribution is -0.136. The van der Waals surface area contributed by atoms with Crippen molar-refractivity contribution in [2.45, 2.75) is 58.3 Å². The second-order valence-corrected chi connectivity index (χ2v) is 3.94. The van der Waals surface area contributed by atoms with Crippen LogP contribution in [0.4, 0.5) is 0 Å². The standard InChI is InChI=1S/C14H24O2/c1-2-3-4-5-6-7-8-9-10-11-12-13-14(15)16/h3-4,11-12H,2,5-10,13H2,1H3,(H,15,16)/b4-3?,12-11-. The minimum atomic E-state index is -0.751. The van der Waals surface area contributed by atoms with Crippen LogP contribution >= 0.6 is 0 Å². The Labute approximate surface area is 99.1 Å². The van der Waals surface area contributed by atoms with Crippen molar-refractivity contribution in [3.8, 4) is 0 Å². The molecule has 0 saturated heterocycles. The van der Waals surface area contributed by atoms with Gasteiger partial charge in [0, 0.05) is 0 Å². The zero-order valence-corrected chi connectivity index (χ0v) is 10.3. The smallest absolute Gasteiger partial charge is 0.307 e. The summed E-state index contributed by atoms with van der Waals surface area (Å²) in [6.07, 6.45) is 16.7. The lowest BCUT2D eigenvalue weighted by Crippen LogP contribution is -1.89. The summed E-state index contributed by atoms with van der Waals surface area (Å²) < 4.78 is 0. The normalized spacial score (nSPS) is 11.6. The Hall–Kier alpha value is -1.05. The molecule has 1 N–H and O–H groups in total. The van der Waals surface area contributed by atoms with E-state index < -0.39 is 5.97 Å². The zero-order valence-electron chi connectivity index (χ0n) is 10.3. The van der Waals surface area contributed by atoms with Crippen LogP contribution in [0, 0.1) is 0 Å². The Morgan fingerprint density at radius 2 is 1.50 bits per heavy atom. The quantitative estimate of drug-likeness (QED) is 0.443. The fraction of sp³-hybridized carbons (Fsp3) is 0.643. The number of unbranched alkanes of at least 4 members (excludes halogenated alkanes) is 5. The van der Waals surface area contributed by atoms with Crippen LogP contribution in [0.3, 0.4) is 0 Å². The van der Waals surface area contributed by atoms with E-state index in [0.717, 1.165) is 12.8 Å². The molecule has 0 saturated carbocycles. The molecule has 0 spiro atoms. The van der Waals surface area contributed by atoms with Crippen LogP contribution in [0.2, 0.25) is 0 Å². The summed E-state index contributed by atoms with van der Waals surface area (Å²) in [6.45, 7) is 2.15. The molecular weight excluding hydrogens is 200 g/mol. The molecule has 0 aromatic rings. The molecule has 0 atom stereocenters. The largest absolute Gasteiger partial charge is 0.481 e. The molecule has 0 heterocycles. The number of hydrogen-bond donors (Lipinski definition) is 1. The molecule has 2 nitrogen and oxygen atoms in total. The van der Waals surface area contributed by atoms with Gasteiger partial charge in [-0.2, -0.15) is 0 Å². The van der Waals surface area contributed by atoms with Crippen LogP contribution in [-0.2, 0) is 4.79 Å². The van der Waals surface area contributed by atoms with Gasteiger partial charge in [0.05, 0.1) is 6.42 Å². The first kappa shape index (κ1) is 14.9. The van der Waals surface area contributed by atoms with E-state index in [1.54, 1.807) is 6.08 Å². The molecule has 0 amide bonds. The number of hydrogen-bond acceptors (Lipinski definition) is 1. The Kier molecular flexibility index (Phi) is 11.2. The third-order valence-corrected chi connectivity index (χ3v) is 2.35. The number of aliphatic carboxylic acids is 1. The van der Waals surface area contributed by atoms with Gasteiger partial charge in [-0.1, -0.05) is 44.1 Å². The zero-order chi connectivity index (χ0) is 12.1. The van der Waals surface area contributed by atoms with Gasteiger partial charge in [0.1, 0.15) is 0 Å². The second-order valence-electron chi connectivity index (χ2n) is 3.94. The van der Waals surface area contributed by atoms with E-state index >= 15 is 0 Å². The molecule has 0 radical (unpaired) electrons. The third kappa shape index (κ3) is 12.9. The number of carboxylic acid groups (broad SMARTS) is 1. The molecule has 0 fully saturated rings. The summed E-state index contributed by atoms with van der Waals surface area (Å²) in [5, 5.41) is 8.40. The van der Waals surface area contributed by atoms with Crippen LogP contribution in [0.15, 0.2) is 24.3 Å². The Bertz CT molecular complexity index is 217. The fourth-order valence-corrected chi connectivity index (χ4v) is 1.46. The fourth-order valence-electron chi connectivity index (χ4n) is 1.46. The van der Waals surface area contributed by atoms with Gasteiger partial charge in [-0.25, -0.2) is 0 Å². The van der Waals surface area contributed by atoms with E-state index in [2.05, 4.69) is 19.1 Å². The monoisotopic (exact) mass is 224 g/mol. The highest BCUT2D eigenvalue weighted by Crippen LogP contribution is 2.06. The molecule has 0 aromatic carbocycles. The lowest BCUT2D eigenvalue weighted by atomic mass is 10.1. The van der Waals surface area contributed by atoms with Crippen molar-refractivity contribution < 1.29 is 9.90 Å². The maximum atomic E-state index is 10.2. The van der Waals surface area contributed by atoms with Crippen LogP contribution in [0.1, 0.15) is 58.3 Å². The molecule has 92 valence electrons. The van der Waals surface area contributed by atoms with Crippen molar-refractivity contribution in [3.63, 3.8) is 0 Å². The average Bonchev–Trinajstić information content (AvgIpc) is 2.25. The number of allylic oxidation sites excluding steroid dienone is 3. The van der Waals surface area contributed by atoms with Crippen molar-refractivity contribution in [1.82, 2.24) is 0 Å². The Morgan fingerprint density at radius 3 is 2.00 bits per heavy atom. The lowest BCUT2D eigenvalue weighted by Gasteiger charge is -1.96. The van der Waals surface area contributed by atoms with Gasteiger partial charge in [-0.05, 0) is 32.1 Å². The Morgan fingerprint density at radius 1 is 0.938 bits per heavy atom. The molecule has 0 unspecified atom stereocenters. The summed E-state index contributed by atoms with van der Waals surface area (Å²) in [5.74, 6) is -0.751. The van der Waals surface area contributed by atoms with Crippen LogP contribution in [0.25, 0.3) is 0 Å². The molecule has 0 aliphatic carbocycles. The molecular formula is C14H24O2. The SMILES string of the molecule is CCC=CCCCCCC/C=C\CC(=O)O. The summed E-state index contributed by atoms with van der Waals surface area (Å²) in [5.41, 5.74) is 0. The van der Waals surface area contributed by atoms with E-state index in [-0.39, 0.29) is 6.42 Å². The minimum absolute atomic E-state index is 0.155. The van der Waals surface area contributed by atoms with Gasteiger partial charge in [0.25, 0.3) is 0 Å². The van der Waals surface area contributed by atoms with Crippen molar-refractivity contribution in [1.29, 1.82) is 0 Å². The first-order chi connectivity index (χ1) is 7.77. The highest BCUT2D eigenvalue weighted by Gasteiger charge is 1.90. The van der Waals surface area contributed by atoms with Gasteiger partial charge in [0.15, 0.2) is 0 Å². The maximum absolute atomic E-state index is 10.2. The topological polar surface area (TPSA) is 37.3 Å². The first-order valence-electron chi connectivity index (χ1n) is 6.29.